The van der Waals surface area contributed by atoms with Gasteiger partial charge < -0.3 is 29.4 Å². The minimum Gasteiger partial charge on any atom is -0.755 e. The molecule has 284 valence electrons. The highest BCUT2D eigenvalue weighted by Gasteiger charge is 2.62. The molecule has 0 radical (unpaired) electrons. The molecule has 1 aromatic carbocycles. The van der Waals surface area contributed by atoms with Gasteiger partial charge in [0.05, 0.1) is 13.2 Å². The number of ketones is 1. The maximum absolute atomic E-state index is 13.5. The van der Waals surface area contributed by atoms with Gasteiger partial charge in [-0.15, -0.1) is 0 Å². The standard InChI is InChI=1S/C35H50F2N4O9S/c1-20(29(43)40-35(31(44)41-51(46)47)19-22(35)18-27(36)37)16-24(49-30-25-13-12-23(48-8)17-21(25)14-15-38-30)10-9-11-26(42)28(33(2,3)4)39-32(45)50-34(5,6)7/h12-15,17,20,22,24,27-28H,9-11,16,18-19H2,1-8H3,(H,39,45)(H,40,43)(H,41,44)(H,46,47)/p-1/t20-,22+,24-,28+,35+/m0/s1. The lowest BCUT2D eigenvalue weighted by Gasteiger charge is -2.31. The predicted molar refractivity (Wildman–Crippen MR) is 185 cm³/mol. The normalized spacial score (nSPS) is 19.7. The van der Waals surface area contributed by atoms with Crippen LogP contribution in [0.15, 0.2) is 30.5 Å². The lowest BCUT2D eigenvalue weighted by molar-refractivity contribution is -0.132. The highest BCUT2D eigenvalue weighted by molar-refractivity contribution is 7.77. The van der Waals surface area contributed by atoms with Gasteiger partial charge in [-0.05, 0) is 87.4 Å². The summed E-state index contributed by atoms with van der Waals surface area (Å²) in [6, 6.07) is 6.27. The first-order chi connectivity index (χ1) is 23.6. The van der Waals surface area contributed by atoms with Crippen molar-refractivity contribution >= 4 is 45.7 Å². The number of pyridine rings is 1. The number of aromatic nitrogens is 1. The van der Waals surface area contributed by atoms with Crippen LogP contribution in [0.3, 0.4) is 0 Å². The van der Waals surface area contributed by atoms with E-state index < -0.39 is 82.6 Å². The van der Waals surface area contributed by atoms with Crippen molar-refractivity contribution in [1.82, 2.24) is 20.3 Å². The summed E-state index contributed by atoms with van der Waals surface area (Å²) in [4.78, 5) is 56.6. The van der Waals surface area contributed by atoms with Gasteiger partial charge in [0.15, 0.2) is 5.78 Å². The molecule has 2 aromatic rings. The Balaban J connectivity index is 1.81. The number of hydrogen-bond acceptors (Lipinski definition) is 10. The van der Waals surface area contributed by atoms with Gasteiger partial charge in [0.2, 0.25) is 18.2 Å². The van der Waals surface area contributed by atoms with Crippen LogP contribution in [0.5, 0.6) is 11.6 Å². The number of nitrogens with one attached hydrogen (secondary N) is 3. The molecule has 1 aliphatic rings. The van der Waals surface area contributed by atoms with Gasteiger partial charge in [0.1, 0.15) is 23.0 Å². The zero-order valence-corrected chi connectivity index (χ0v) is 31.1. The largest absolute Gasteiger partial charge is 0.755 e. The summed E-state index contributed by atoms with van der Waals surface area (Å²) in [6.07, 6.45) is -2.74. The maximum Gasteiger partial charge on any atom is 0.408 e. The second-order valence-corrected chi connectivity index (χ2v) is 15.7. The molecule has 1 heterocycles. The summed E-state index contributed by atoms with van der Waals surface area (Å²) in [7, 11) is 1.54. The van der Waals surface area contributed by atoms with Gasteiger partial charge >= 0.3 is 6.09 Å². The number of ether oxygens (including phenoxy) is 3. The van der Waals surface area contributed by atoms with Gasteiger partial charge in [0.25, 0.3) is 5.91 Å². The first kappa shape index (κ1) is 41.5. The number of benzene rings is 1. The van der Waals surface area contributed by atoms with E-state index in [1.165, 1.54) is 0 Å². The molecule has 6 atom stereocenters. The maximum atomic E-state index is 13.5. The van der Waals surface area contributed by atoms with E-state index in [4.69, 9.17) is 14.2 Å². The van der Waals surface area contributed by atoms with E-state index in [0.717, 1.165) is 5.39 Å². The average molecular weight is 740 g/mol. The summed E-state index contributed by atoms with van der Waals surface area (Å²) in [5.41, 5.74) is -3.17. The SMILES string of the molecule is COc1ccc2c(O[C@@H](CCCC(=O)[C@@H](NC(=O)OC(C)(C)C)C(C)(C)C)C[C@H](C)C(=O)N[C@]3(C(=O)NS(=O)[O-])C[C@H]3CC(F)F)nccc2c1. The Kier molecular flexibility index (Phi) is 13.9. The highest BCUT2D eigenvalue weighted by atomic mass is 32.2. The second kappa shape index (κ2) is 17.1. The van der Waals surface area contributed by atoms with E-state index >= 15 is 0 Å². The molecule has 1 aliphatic carbocycles. The van der Waals surface area contributed by atoms with Gasteiger partial charge in [-0.25, -0.2) is 18.6 Å². The van der Waals surface area contributed by atoms with Crippen LogP contribution in [-0.4, -0.2) is 74.3 Å². The predicted octanol–water partition coefficient (Wildman–Crippen LogP) is 5.14. The van der Waals surface area contributed by atoms with Crippen molar-refractivity contribution in [3.63, 3.8) is 0 Å². The lowest BCUT2D eigenvalue weighted by Crippen LogP contribution is -2.52. The number of amides is 3. The molecule has 1 unspecified atom stereocenters. The molecule has 13 nitrogen and oxygen atoms in total. The number of methoxy groups -OCH3 is 1. The first-order valence-electron chi connectivity index (χ1n) is 16.8. The van der Waals surface area contributed by atoms with Crippen molar-refractivity contribution in [3.8, 4) is 11.6 Å². The number of alkyl carbamates (subject to hydrolysis) is 1. The van der Waals surface area contributed by atoms with E-state index in [1.54, 1.807) is 63.9 Å². The molecule has 1 saturated carbocycles. The van der Waals surface area contributed by atoms with Crippen LogP contribution in [0.1, 0.15) is 87.0 Å². The van der Waals surface area contributed by atoms with Crippen LogP contribution in [0.25, 0.3) is 10.8 Å². The molecule has 1 aromatic heterocycles. The number of rotatable bonds is 17. The Bertz CT molecular complexity index is 1600. The number of hydrogen-bond donors (Lipinski definition) is 3. The fourth-order valence-electron chi connectivity index (χ4n) is 5.91. The van der Waals surface area contributed by atoms with Crippen LogP contribution in [0.4, 0.5) is 13.6 Å². The van der Waals surface area contributed by atoms with Crippen LogP contribution < -0.4 is 24.8 Å². The molecular formula is C35H49F2N4O9S-. The number of halogens is 2. The van der Waals surface area contributed by atoms with Crippen LogP contribution in [0, 0.1) is 17.3 Å². The lowest BCUT2D eigenvalue weighted by atomic mass is 9.82. The monoisotopic (exact) mass is 739 g/mol. The summed E-state index contributed by atoms with van der Waals surface area (Å²) in [5, 5.41) is 6.68. The van der Waals surface area contributed by atoms with Crippen molar-refractivity contribution in [2.75, 3.05) is 7.11 Å². The topological polar surface area (TPSA) is 185 Å². The van der Waals surface area contributed by atoms with Gasteiger partial charge in [-0.2, -0.15) is 0 Å². The smallest absolute Gasteiger partial charge is 0.408 e. The molecule has 3 amide bonds. The molecule has 51 heavy (non-hydrogen) atoms. The Morgan fingerprint density at radius 1 is 1.12 bits per heavy atom. The minimum atomic E-state index is -3.01. The fourth-order valence-corrected chi connectivity index (χ4v) is 6.25. The molecule has 3 rings (SSSR count). The number of carbonyl (C=O) groups excluding carboxylic acids is 4. The Hall–Kier alpha value is -3.92. The molecule has 3 N–H and O–H groups in total. The summed E-state index contributed by atoms with van der Waals surface area (Å²) < 4.78 is 67.5. The number of fused-ring (bicyclic) bond motifs is 1. The molecule has 1 fully saturated rings. The summed E-state index contributed by atoms with van der Waals surface area (Å²) in [6.45, 7) is 12.2. The van der Waals surface area contributed by atoms with E-state index in [1.807, 2.05) is 26.8 Å². The molecule has 16 heteroatoms. The quantitative estimate of drug-likeness (QED) is 0.184. The Morgan fingerprint density at radius 3 is 2.39 bits per heavy atom. The molecular weight excluding hydrogens is 690 g/mol. The second-order valence-electron chi connectivity index (χ2n) is 15.0. The zero-order chi connectivity index (χ0) is 38.3. The molecule has 0 aliphatic heterocycles. The van der Waals surface area contributed by atoms with Crippen LogP contribution in [-0.2, 0) is 30.4 Å². The third-order valence-corrected chi connectivity index (χ3v) is 8.92. The number of Topliss-reactive ketones (excluding diaryl/α,β-unsaturated/α-hetero) is 1. The van der Waals surface area contributed by atoms with E-state index in [2.05, 4.69) is 15.6 Å². The van der Waals surface area contributed by atoms with Gasteiger partial charge in [-0.1, -0.05) is 27.7 Å². The third-order valence-electron chi connectivity index (χ3n) is 8.57. The number of alkyl halides is 2. The fraction of sp³-hybridized carbons (Fsp3) is 0.629. The van der Waals surface area contributed by atoms with Crippen molar-refractivity contribution in [2.45, 2.75) is 117 Å². The van der Waals surface area contributed by atoms with E-state index in [9.17, 15) is 36.7 Å². The molecule has 0 saturated heterocycles. The molecule has 0 bridgehead atoms. The third kappa shape index (κ3) is 12.1. The van der Waals surface area contributed by atoms with Gasteiger partial charge in [0, 0.05) is 41.6 Å². The average Bonchev–Trinajstić information content (AvgIpc) is 3.69. The van der Waals surface area contributed by atoms with Crippen LogP contribution in [0.2, 0.25) is 0 Å². The van der Waals surface area contributed by atoms with Crippen molar-refractivity contribution in [2.24, 2.45) is 17.3 Å². The van der Waals surface area contributed by atoms with Gasteiger partial charge in [-0.3, -0.25) is 23.3 Å². The van der Waals surface area contributed by atoms with E-state index in [0.29, 0.717) is 17.6 Å². The zero-order valence-electron chi connectivity index (χ0n) is 30.3. The van der Waals surface area contributed by atoms with Crippen molar-refractivity contribution in [3.05, 3.63) is 30.5 Å². The first-order valence-corrected chi connectivity index (χ1v) is 17.8. The van der Waals surface area contributed by atoms with E-state index in [-0.39, 0.29) is 37.3 Å². The Morgan fingerprint density at radius 2 is 1.80 bits per heavy atom. The molecule has 0 spiro atoms. The highest BCUT2D eigenvalue weighted by Crippen LogP contribution is 2.47. The number of carbonyl (C=O) groups is 4. The van der Waals surface area contributed by atoms with Crippen LogP contribution >= 0.6 is 0 Å². The van der Waals surface area contributed by atoms with Crippen molar-refractivity contribution in [1.29, 1.82) is 0 Å². The summed E-state index contributed by atoms with van der Waals surface area (Å²) >= 11 is -3.01. The minimum absolute atomic E-state index is 0.0588. The Labute approximate surface area is 299 Å². The van der Waals surface area contributed by atoms with Crippen molar-refractivity contribution < 1.29 is 50.9 Å². The number of nitrogens with zero attached hydrogens (tertiary/aromatic N) is 1. The summed E-state index contributed by atoms with van der Waals surface area (Å²) in [5.74, 6) is -2.87.